The van der Waals surface area contributed by atoms with Crippen molar-refractivity contribution in [3.63, 3.8) is 0 Å². The third kappa shape index (κ3) is 4.59. The van der Waals surface area contributed by atoms with Crippen molar-refractivity contribution in [2.45, 2.75) is 20.3 Å². The highest BCUT2D eigenvalue weighted by Crippen LogP contribution is 2.18. The van der Waals surface area contributed by atoms with Gasteiger partial charge in [0.25, 0.3) is 5.91 Å². The number of rotatable bonds is 7. The van der Waals surface area contributed by atoms with Crippen LogP contribution < -0.4 is 10.1 Å². The predicted molar refractivity (Wildman–Crippen MR) is 92.6 cm³/mol. The number of hydrogen-bond donors (Lipinski definition) is 1. The molecule has 0 bridgehead atoms. The normalized spacial score (nSPS) is 10.1. The molecular formula is C19H21NO4. The van der Waals surface area contributed by atoms with Crippen molar-refractivity contribution in [2.24, 2.45) is 0 Å². The minimum atomic E-state index is -0.461. The molecule has 126 valence electrons. The zero-order chi connectivity index (χ0) is 17.4. The number of anilines is 1. The molecule has 1 N–H and O–H groups in total. The fraction of sp³-hybridized carbons (Fsp3) is 0.263. The minimum absolute atomic E-state index is 0.278. The Bertz CT molecular complexity index is 695. The van der Waals surface area contributed by atoms with Gasteiger partial charge in [-0.2, -0.15) is 0 Å². The molecule has 0 heterocycles. The Hall–Kier alpha value is -2.82. The van der Waals surface area contributed by atoms with Gasteiger partial charge in [-0.3, -0.25) is 4.79 Å². The van der Waals surface area contributed by atoms with Crippen LogP contribution in [-0.2, 0) is 4.74 Å². The first-order valence-electron chi connectivity index (χ1n) is 7.96. The van der Waals surface area contributed by atoms with Crippen LogP contribution in [-0.4, -0.2) is 25.1 Å². The lowest BCUT2D eigenvalue weighted by Crippen LogP contribution is -2.15. The summed E-state index contributed by atoms with van der Waals surface area (Å²) >= 11 is 0. The van der Waals surface area contributed by atoms with E-state index >= 15 is 0 Å². The van der Waals surface area contributed by atoms with Crippen molar-refractivity contribution in [1.82, 2.24) is 0 Å². The van der Waals surface area contributed by atoms with Crippen LogP contribution in [0.15, 0.2) is 48.5 Å². The summed E-state index contributed by atoms with van der Waals surface area (Å²) in [5.41, 5.74) is 1.24. The minimum Gasteiger partial charge on any atom is -0.494 e. The molecule has 5 nitrogen and oxygen atoms in total. The highest BCUT2D eigenvalue weighted by atomic mass is 16.5. The molecule has 0 fully saturated rings. The summed E-state index contributed by atoms with van der Waals surface area (Å²) in [6.07, 6.45) is 0.923. The van der Waals surface area contributed by atoms with Gasteiger partial charge in [0.1, 0.15) is 5.75 Å². The SMILES string of the molecule is CCCOc1ccc(C(=O)Nc2ccccc2C(=O)OCC)cc1. The number of carbonyl (C=O) groups excluding carboxylic acids is 2. The van der Waals surface area contributed by atoms with Crippen molar-refractivity contribution in [1.29, 1.82) is 0 Å². The van der Waals surface area contributed by atoms with Gasteiger partial charge in [0, 0.05) is 5.56 Å². The lowest BCUT2D eigenvalue weighted by Gasteiger charge is -2.11. The Morgan fingerprint density at radius 2 is 1.71 bits per heavy atom. The first-order chi connectivity index (χ1) is 11.7. The Morgan fingerprint density at radius 1 is 1.00 bits per heavy atom. The Kier molecular flexibility index (Phi) is 6.37. The molecule has 0 aliphatic carbocycles. The number of esters is 1. The van der Waals surface area contributed by atoms with Gasteiger partial charge in [0.05, 0.1) is 24.5 Å². The van der Waals surface area contributed by atoms with Crippen molar-refractivity contribution in [3.8, 4) is 5.75 Å². The summed E-state index contributed by atoms with van der Waals surface area (Å²) in [6, 6.07) is 13.6. The Morgan fingerprint density at radius 3 is 2.38 bits per heavy atom. The molecule has 0 atom stereocenters. The molecule has 0 saturated carbocycles. The summed E-state index contributed by atoms with van der Waals surface area (Å²) in [4.78, 5) is 24.3. The highest BCUT2D eigenvalue weighted by Gasteiger charge is 2.14. The molecule has 2 rings (SSSR count). The van der Waals surface area contributed by atoms with E-state index in [2.05, 4.69) is 5.32 Å². The van der Waals surface area contributed by atoms with Gasteiger partial charge >= 0.3 is 5.97 Å². The monoisotopic (exact) mass is 327 g/mol. The maximum absolute atomic E-state index is 12.4. The topological polar surface area (TPSA) is 64.6 Å². The first kappa shape index (κ1) is 17.5. The molecule has 2 aromatic rings. The number of para-hydroxylation sites is 1. The fourth-order valence-corrected chi connectivity index (χ4v) is 2.10. The van der Waals surface area contributed by atoms with Crippen LogP contribution in [0.4, 0.5) is 5.69 Å². The van der Waals surface area contributed by atoms with E-state index in [1.54, 1.807) is 55.5 Å². The summed E-state index contributed by atoms with van der Waals surface area (Å²) in [6.45, 7) is 4.68. The molecule has 0 radical (unpaired) electrons. The molecule has 5 heteroatoms. The van der Waals surface area contributed by atoms with Gasteiger partial charge in [-0.15, -0.1) is 0 Å². The molecule has 0 spiro atoms. The molecular weight excluding hydrogens is 306 g/mol. The molecule has 2 aromatic carbocycles. The second-order valence-corrected chi connectivity index (χ2v) is 5.09. The van der Waals surface area contributed by atoms with Gasteiger partial charge in [-0.05, 0) is 49.7 Å². The summed E-state index contributed by atoms with van der Waals surface area (Å²) in [5.74, 6) is -0.0363. The van der Waals surface area contributed by atoms with E-state index in [1.165, 1.54) is 0 Å². The average molecular weight is 327 g/mol. The van der Waals surface area contributed by atoms with E-state index in [4.69, 9.17) is 9.47 Å². The van der Waals surface area contributed by atoms with Crippen LogP contribution in [0.5, 0.6) is 5.75 Å². The zero-order valence-corrected chi connectivity index (χ0v) is 13.9. The van der Waals surface area contributed by atoms with Crippen molar-refractivity contribution in [2.75, 3.05) is 18.5 Å². The number of benzene rings is 2. The maximum Gasteiger partial charge on any atom is 0.340 e. The lowest BCUT2D eigenvalue weighted by molar-refractivity contribution is 0.0527. The fourth-order valence-electron chi connectivity index (χ4n) is 2.10. The quantitative estimate of drug-likeness (QED) is 0.783. The predicted octanol–water partition coefficient (Wildman–Crippen LogP) is 3.90. The summed E-state index contributed by atoms with van der Waals surface area (Å²) < 4.78 is 10.5. The number of ether oxygens (including phenoxy) is 2. The lowest BCUT2D eigenvalue weighted by atomic mass is 10.1. The van der Waals surface area contributed by atoms with Gasteiger partial charge in [0.15, 0.2) is 0 Å². The van der Waals surface area contributed by atoms with Crippen LogP contribution in [0, 0.1) is 0 Å². The number of nitrogens with one attached hydrogen (secondary N) is 1. The van der Waals surface area contributed by atoms with E-state index in [1.807, 2.05) is 6.92 Å². The molecule has 0 aliphatic rings. The third-order valence-electron chi connectivity index (χ3n) is 3.26. The standard InChI is InChI=1S/C19H21NO4/c1-3-13-24-15-11-9-14(10-12-15)18(21)20-17-8-6-5-7-16(17)19(22)23-4-2/h5-12H,3-4,13H2,1-2H3,(H,20,21). The second kappa shape index (κ2) is 8.72. The summed E-state index contributed by atoms with van der Waals surface area (Å²) in [7, 11) is 0. The Balaban J connectivity index is 2.11. The van der Waals surface area contributed by atoms with E-state index < -0.39 is 5.97 Å². The van der Waals surface area contributed by atoms with Crippen molar-refractivity contribution in [3.05, 3.63) is 59.7 Å². The molecule has 0 aliphatic heterocycles. The maximum atomic E-state index is 12.4. The second-order valence-electron chi connectivity index (χ2n) is 5.09. The Labute approximate surface area is 141 Å². The number of carbonyl (C=O) groups is 2. The zero-order valence-electron chi connectivity index (χ0n) is 13.9. The van der Waals surface area contributed by atoms with Crippen LogP contribution in [0.1, 0.15) is 41.0 Å². The first-order valence-corrected chi connectivity index (χ1v) is 7.96. The number of amides is 1. The summed E-state index contributed by atoms with van der Waals surface area (Å²) in [5, 5.41) is 2.75. The van der Waals surface area contributed by atoms with Gasteiger partial charge < -0.3 is 14.8 Å². The molecule has 0 unspecified atom stereocenters. The van der Waals surface area contributed by atoms with Crippen LogP contribution >= 0.6 is 0 Å². The van der Waals surface area contributed by atoms with Gasteiger partial charge in [-0.25, -0.2) is 4.79 Å². The van der Waals surface area contributed by atoms with Crippen molar-refractivity contribution < 1.29 is 19.1 Å². The third-order valence-corrected chi connectivity index (χ3v) is 3.26. The van der Waals surface area contributed by atoms with Crippen LogP contribution in [0.2, 0.25) is 0 Å². The average Bonchev–Trinajstić information content (AvgIpc) is 2.61. The molecule has 0 aromatic heterocycles. The van der Waals surface area contributed by atoms with Crippen LogP contribution in [0.3, 0.4) is 0 Å². The van der Waals surface area contributed by atoms with Gasteiger partial charge in [-0.1, -0.05) is 19.1 Å². The van der Waals surface area contributed by atoms with E-state index in [0.29, 0.717) is 23.4 Å². The van der Waals surface area contributed by atoms with Gasteiger partial charge in [0.2, 0.25) is 0 Å². The molecule has 1 amide bonds. The number of hydrogen-bond acceptors (Lipinski definition) is 4. The molecule has 0 saturated heterocycles. The van der Waals surface area contributed by atoms with Crippen molar-refractivity contribution >= 4 is 17.6 Å². The van der Waals surface area contributed by atoms with E-state index in [0.717, 1.165) is 12.2 Å². The van der Waals surface area contributed by atoms with Crippen LogP contribution in [0.25, 0.3) is 0 Å². The smallest absolute Gasteiger partial charge is 0.340 e. The molecule has 24 heavy (non-hydrogen) atoms. The van der Waals surface area contributed by atoms with E-state index in [9.17, 15) is 9.59 Å². The largest absolute Gasteiger partial charge is 0.494 e. The van der Waals surface area contributed by atoms with E-state index in [-0.39, 0.29) is 12.5 Å². The highest BCUT2D eigenvalue weighted by molar-refractivity contribution is 6.08.